The summed E-state index contributed by atoms with van der Waals surface area (Å²) in [5, 5.41) is 3.73. The van der Waals surface area contributed by atoms with Crippen LogP contribution in [0.5, 0.6) is 0 Å². The van der Waals surface area contributed by atoms with E-state index in [0.29, 0.717) is 11.6 Å². The second kappa shape index (κ2) is 4.57. The van der Waals surface area contributed by atoms with Gasteiger partial charge in [-0.25, -0.2) is 0 Å². The second-order valence-electron chi connectivity index (χ2n) is 3.99. The van der Waals surface area contributed by atoms with Gasteiger partial charge in [-0.05, 0) is 18.8 Å². The average molecular weight is 209 g/mol. The highest BCUT2D eigenvalue weighted by atomic mass is 16.5. The molecular weight excluding hydrogens is 194 g/mol. The molecule has 4 heteroatoms. The molecule has 1 aromatic rings. The van der Waals surface area contributed by atoms with E-state index in [2.05, 4.69) is 5.16 Å². The van der Waals surface area contributed by atoms with E-state index < -0.39 is 0 Å². The summed E-state index contributed by atoms with van der Waals surface area (Å²) in [7, 11) is 0. The highest BCUT2D eigenvalue weighted by Gasteiger charge is 2.17. The van der Waals surface area contributed by atoms with Gasteiger partial charge in [-0.2, -0.15) is 0 Å². The molecule has 0 aromatic carbocycles. The summed E-state index contributed by atoms with van der Waals surface area (Å²) in [4.78, 5) is 11.0. The zero-order chi connectivity index (χ0) is 10.7. The number of Topliss-reactive ketones (excluding diaryl/α,β-unsaturated/α-hetero) is 1. The molecule has 0 aliphatic carbocycles. The highest BCUT2D eigenvalue weighted by molar-refractivity contribution is 5.91. The smallest absolute Gasteiger partial charge is 0.181 e. The first kappa shape index (κ1) is 10.4. The maximum atomic E-state index is 11.0. The molecule has 82 valence electrons. The molecule has 1 fully saturated rings. The van der Waals surface area contributed by atoms with Gasteiger partial charge in [0.25, 0.3) is 0 Å². The number of ketones is 1. The number of hydrogen-bond acceptors (Lipinski definition) is 4. The number of carbonyl (C=O) groups excluding carboxylic acids is 1. The fourth-order valence-corrected chi connectivity index (χ4v) is 1.81. The molecule has 0 saturated carbocycles. The van der Waals surface area contributed by atoms with E-state index in [-0.39, 0.29) is 5.78 Å². The first-order chi connectivity index (χ1) is 7.25. The van der Waals surface area contributed by atoms with Crippen LogP contribution in [-0.4, -0.2) is 24.2 Å². The molecule has 4 nitrogen and oxygen atoms in total. The number of aromatic nitrogens is 1. The van der Waals surface area contributed by atoms with E-state index >= 15 is 0 Å². The topological polar surface area (TPSA) is 52.3 Å². The van der Waals surface area contributed by atoms with E-state index in [1.165, 1.54) is 6.92 Å². The Kier molecular flexibility index (Phi) is 3.16. The molecule has 2 heterocycles. The maximum absolute atomic E-state index is 11.0. The zero-order valence-corrected chi connectivity index (χ0v) is 8.86. The van der Waals surface area contributed by atoms with Gasteiger partial charge in [0.1, 0.15) is 11.5 Å². The van der Waals surface area contributed by atoms with E-state index in [1.807, 2.05) is 0 Å². The lowest BCUT2D eigenvalue weighted by atomic mass is 9.95. The molecule has 1 saturated heterocycles. The maximum Gasteiger partial charge on any atom is 0.181 e. The molecule has 1 aromatic heterocycles. The molecule has 0 amide bonds. The monoisotopic (exact) mass is 209 g/mol. The summed E-state index contributed by atoms with van der Waals surface area (Å²) in [6.07, 6.45) is 3.00. The van der Waals surface area contributed by atoms with E-state index in [9.17, 15) is 4.79 Å². The molecule has 0 atom stereocenters. The van der Waals surface area contributed by atoms with Gasteiger partial charge < -0.3 is 9.26 Å². The molecular formula is C11H15NO3. The Labute approximate surface area is 88.6 Å². The van der Waals surface area contributed by atoms with Crippen molar-refractivity contribution >= 4 is 5.78 Å². The van der Waals surface area contributed by atoms with Crippen LogP contribution in [0.15, 0.2) is 10.6 Å². The van der Waals surface area contributed by atoms with Crippen molar-refractivity contribution in [3.63, 3.8) is 0 Å². The van der Waals surface area contributed by atoms with Gasteiger partial charge in [-0.3, -0.25) is 4.79 Å². The lowest BCUT2D eigenvalue weighted by Crippen LogP contribution is -2.17. The third-order valence-electron chi connectivity index (χ3n) is 2.75. The van der Waals surface area contributed by atoms with Crippen molar-refractivity contribution in [3.8, 4) is 0 Å². The minimum Gasteiger partial charge on any atom is -0.381 e. The number of carbonyl (C=O) groups is 1. The molecule has 15 heavy (non-hydrogen) atoms. The van der Waals surface area contributed by atoms with Crippen LogP contribution in [0, 0.1) is 5.92 Å². The minimum absolute atomic E-state index is 0.0445. The Hall–Kier alpha value is -1.16. The van der Waals surface area contributed by atoms with Crippen LogP contribution >= 0.6 is 0 Å². The third kappa shape index (κ3) is 2.65. The van der Waals surface area contributed by atoms with Gasteiger partial charge in [0.2, 0.25) is 0 Å². The van der Waals surface area contributed by atoms with Crippen molar-refractivity contribution in [2.45, 2.75) is 26.2 Å². The molecule has 0 bridgehead atoms. The Morgan fingerprint density at radius 2 is 2.27 bits per heavy atom. The van der Waals surface area contributed by atoms with Gasteiger partial charge >= 0.3 is 0 Å². The molecule has 0 N–H and O–H groups in total. The van der Waals surface area contributed by atoms with Crippen molar-refractivity contribution in [1.29, 1.82) is 0 Å². The zero-order valence-electron chi connectivity index (χ0n) is 8.86. The van der Waals surface area contributed by atoms with Gasteiger partial charge in [0, 0.05) is 32.6 Å². The molecule has 1 aliphatic heterocycles. The van der Waals surface area contributed by atoms with Crippen LogP contribution in [0.1, 0.15) is 36.0 Å². The molecule has 2 rings (SSSR count). The Bertz CT molecular complexity index is 339. The summed E-state index contributed by atoms with van der Waals surface area (Å²) >= 11 is 0. The van der Waals surface area contributed by atoms with Gasteiger partial charge in [-0.15, -0.1) is 0 Å². The first-order valence-electron chi connectivity index (χ1n) is 5.30. The van der Waals surface area contributed by atoms with Crippen LogP contribution in [0.3, 0.4) is 0 Å². The fourth-order valence-electron chi connectivity index (χ4n) is 1.81. The van der Waals surface area contributed by atoms with Crippen LogP contribution in [0.4, 0.5) is 0 Å². The summed E-state index contributed by atoms with van der Waals surface area (Å²) < 4.78 is 10.4. The van der Waals surface area contributed by atoms with Crippen LogP contribution < -0.4 is 0 Å². The van der Waals surface area contributed by atoms with Gasteiger partial charge in [-0.1, -0.05) is 5.16 Å². The largest absolute Gasteiger partial charge is 0.381 e. The summed E-state index contributed by atoms with van der Waals surface area (Å²) in [6, 6.07) is 1.75. The summed E-state index contributed by atoms with van der Waals surface area (Å²) in [5.74, 6) is 1.37. The Morgan fingerprint density at radius 1 is 1.53 bits per heavy atom. The predicted octanol–water partition coefficient (Wildman–Crippen LogP) is 1.85. The van der Waals surface area contributed by atoms with Crippen LogP contribution in [0.2, 0.25) is 0 Å². The fraction of sp³-hybridized carbons (Fsp3) is 0.636. The normalized spacial score (nSPS) is 17.9. The van der Waals surface area contributed by atoms with Crippen molar-refractivity contribution in [2.24, 2.45) is 5.92 Å². The minimum atomic E-state index is -0.0445. The van der Waals surface area contributed by atoms with Gasteiger partial charge in [0.15, 0.2) is 5.78 Å². The summed E-state index contributed by atoms with van der Waals surface area (Å²) in [5.41, 5.74) is 0.428. The average Bonchev–Trinajstić information content (AvgIpc) is 2.68. The lowest BCUT2D eigenvalue weighted by molar-refractivity contribution is 0.0646. The number of hydrogen-bond donors (Lipinski definition) is 0. The number of nitrogens with zero attached hydrogens (tertiary/aromatic N) is 1. The van der Waals surface area contributed by atoms with E-state index in [4.69, 9.17) is 9.26 Å². The molecule has 0 spiro atoms. The Balaban J connectivity index is 1.94. The van der Waals surface area contributed by atoms with E-state index in [0.717, 1.165) is 38.2 Å². The SMILES string of the molecule is CC(=O)c1cc(CC2CCOCC2)on1. The standard InChI is InChI=1S/C11H15NO3/c1-8(13)11-7-10(15-12-11)6-9-2-4-14-5-3-9/h7,9H,2-6H2,1H3. The van der Waals surface area contributed by atoms with Crippen LogP contribution in [0.25, 0.3) is 0 Å². The lowest BCUT2D eigenvalue weighted by Gasteiger charge is -2.20. The second-order valence-corrected chi connectivity index (χ2v) is 3.99. The van der Waals surface area contributed by atoms with Crippen molar-refractivity contribution < 1.29 is 14.1 Å². The van der Waals surface area contributed by atoms with Crippen molar-refractivity contribution in [1.82, 2.24) is 5.16 Å². The molecule has 0 unspecified atom stereocenters. The first-order valence-corrected chi connectivity index (χ1v) is 5.30. The predicted molar refractivity (Wildman–Crippen MR) is 53.8 cm³/mol. The Morgan fingerprint density at radius 3 is 2.87 bits per heavy atom. The highest BCUT2D eigenvalue weighted by Crippen LogP contribution is 2.20. The van der Waals surface area contributed by atoms with Crippen LogP contribution in [-0.2, 0) is 11.2 Å². The van der Waals surface area contributed by atoms with E-state index in [1.54, 1.807) is 6.07 Å². The van der Waals surface area contributed by atoms with Crippen molar-refractivity contribution in [2.75, 3.05) is 13.2 Å². The quantitative estimate of drug-likeness (QED) is 0.713. The number of ether oxygens (including phenoxy) is 1. The summed E-state index contributed by atoms with van der Waals surface area (Å²) in [6.45, 7) is 3.16. The third-order valence-corrected chi connectivity index (χ3v) is 2.75. The van der Waals surface area contributed by atoms with Gasteiger partial charge in [0.05, 0.1) is 0 Å². The molecule has 1 aliphatic rings. The number of rotatable bonds is 3. The van der Waals surface area contributed by atoms with Crippen molar-refractivity contribution in [3.05, 3.63) is 17.5 Å². The molecule has 0 radical (unpaired) electrons.